The van der Waals surface area contributed by atoms with E-state index in [1.807, 2.05) is 12.1 Å². The molecule has 0 spiro atoms. The van der Waals surface area contributed by atoms with Gasteiger partial charge in [-0.1, -0.05) is 59.3 Å². The Bertz CT molecular complexity index is 1090. The number of ether oxygens (including phenoxy) is 2. The van der Waals surface area contributed by atoms with Crippen molar-refractivity contribution in [3.63, 3.8) is 0 Å². The van der Waals surface area contributed by atoms with Crippen LogP contribution in [0.15, 0.2) is 47.4 Å². The minimum absolute atomic E-state index is 0.0261. The molecule has 2 aliphatic rings. The quantitative estimate of drug-likeness (QED) is 0.433. The minimum Gasteiger partial charge on any atom is -0.484 e. The van der Waals surface area contributed by atoms with Crippen LogP contribution >= 0.6 is 47.2 Å². The lowest BCUT2D eigenvalue weighted by molar-refractivity contribution is -0.137. The summed E-state index contributed by atoms with van der Waals surface area (Å²) in [6.07, 6.45) is 1.76. The molecule has 2 heterocycles. The van der Waals surface area contributed by atoms with E-state index < -0.39 is 0 Å². The molecule has 0 radical (unpaired) electrons. The molecule has 10 heteroatoms. The first kappa shape index (κ1) is 23.1. The number of halogens is 2. The van der Waals surface area contributed by atoms with Gasteiger partial charge in [0.15, 0.2) is 10.9 Å². The number of morpholine rings is 1. The van der Waals surface area contributed by atoms with Crippen molar-refractivity contribution < 1.29 is 19.1 Å². The number of benzene rings is 2. The Balaban J connectivity index is 1.40. The van der Waals surface area contributed by atoms with Gasteiger partial charge in [-0.2, -0.15) is 0 Å². The van der Waals surface area contributed by atoms with E-state index in [0.717, 1.165) is 5.56 Å². The summed E-state index contributed by atoms with van der Waals surface area (Å²) in [7, 11) is 0. The predicted molar refractivity (Wildman–Crippen MR) is 131 cm³/mol. The van der Waals surface area contributed by atoms with Crippen LogP contribution in [-0.2, 0) is 14.3 Å². The Kier molecular flexibility index (Phi) is 7.37. The maximum absolute atomic E-state index is 12.9. The van der Waals surface area contributed by atoms with Crippen LogP contribution in [0, 0.1) is 0 Å². The maximum Gasteiger partial charge on any atom is 0.270 e. The van der Waals surface area contributed by atoms with E-state index in [0.29, 0.717) is 57.0 Å². The molecule has 0 atom stereocenters. The van der Waals surface area contributed by atoms with Gasteiger partial charge in [0.1, 0.15) is 5.75 Å². The summed E-state index contributed by atoms with van der Waals surface area (Å²) in [6, 6.07) is 12.1. The third kappa shape index (κ3) is 5.27. The molecule has 0 aliphatic carbocycles. The van der Waals surface area contributed by atoms with Gasteiger partial charge in [0, 0.05) is 13.1 Å². The average molecular weight is 509 g/mol. The second-order valence-corrected chi connectivity index (χ2v) is 9.46. The number of carbonyl (C=O) groups is 2. The van der Waals surface area contributed by atoms with Crippen molar-refractivity contribution in [1.82, 2.24) is 4.90 Å². The van der Waals surface area contributed by atoms with Gasteiger partial charge >= 0.3 is 0 Å². The number of anilines is 1. The van der Waals surface area contributed by atoms with Crippen LogP contribution in [0.4, 0.5) is 5.69 Å². The van der Waals surface area contributed by atoms with Crippen LogP contribution in [0.5, 0.6) is 5.75 Å². The number of carbonyl (C=O) groups excluding carboxylic acids is 2. The first-order valence-electron chi connectivity index (χ1n) is 9.74. The van der Waals surface area contributed by atoms with Crippen molar-refractivity contribution >= 4 is 75.1 Å². The Labute approximate surface area is 205 Å². The van der Waals surface area contributed by atoms with Crippen molar-refractivity contribution in [3.8, 4) is 5.75 Å². The molecule has 6 nitrogen and oxygen atoms in total. The van der Waals surface area contributed by atoms with E-state index in [9.17, 15) is 9.59 Å². The zero-order chi connectivity index (χ0) is 22.7. The molecule has 0 aromatic heterocycles. The number of rotatable bonds is 5. The summed E-state index contributed by atoms with van der Waals surface area (Å²) < 4.78 is 11.3. The maximum atomic E-state index is 12.9. The van der Waals surface area contributed by atoms with E-state index in [1.54, 1.807) is 41.3 Å². The van der Waals surface area contributed by atoms with Gasteiger partial charge in [0.2, 0.25) is 0 Å². The molecule has 0 bridgehead atoms. The van der Waals surface area contributed by atoms with Crippen LogP contribution in [-0.4, -0.2) is 53.9 Å². The lowest BCUT2D eigenvalue weighted by Crippen LogP contribution is -2.42. The van der Waals surface area contributed by atoms with Gasteiger partial charge in [-0.15, -0.1) is 0 Å². The summed E-state index contributed by atoms with van der Waals surface area (Å²) in [6.45, 7) is 2.25. The molecule has 4 rings (SSSR count). The number of hydrogen-bond acceptors (Lipinski definition) is 6. The second-order valence-electron chi connectivity index (χ2n) is 6.97. The largest absolute Gasteiger partial charge is 0.484 e. The molecule has 2 aliphatic heterocycles. The van der Waals surface area contributed by atoms with Crippen molar-refractivity contribution in [2.24, 2.45) is 0 Å². The summed E-state index contributed by atoms with van der Waals surface area (Å²) in [5.74, 6) is 0.283. The third-order valence-electron chi connectivity index (χ3n) is 4.86. The van der Waals surface area contributed by atoms with Crippen molar-refractivity contribution in [2.45, 2.75) is 0 Å². The normalized spacial score (nSPS) is 17.9. The molecule has 2 fully saturated rings. The molecule has 2 aromatic rings. The van der Waals surface area contributed by atoms with Crippen molar-refractivity contribution in [3.05, 3.63) is 63.0 Å². The van der Waals surface area contributed by atoms with Gasteiger partial charge in [-0.3, -0.25) is 14.5 Å². The fourth-order valence-corrected chi connectivity index (χ4v) is 4.77. The number of thiocarbonyl (C=S) groups is 1. The fourth-order valence-electron chi connectivity index (χ4n) is 3.18. The van der Waals surface area contributed by atoms with Gasteiger partial charge in [-0.05, 0) is 42.0 Å². The highest BCUT2D eigenvalue weighted by Gasteiger charge is 2.33. The van der Waals surface area contributed by atoms with Gasteiger partial charge < -0.3 is 14.4 Å². The molecular formula is C22H18Cl2N2O4S2. The SMILES string of the molecule is O=C(COc1ccc(/C=C2\SC(=S)N(c3ccc(Cl)c(Cl)c3)C2=O)cc1)N1CCOCC1. The van der Waals surface area contributed by atoms with Crippen LogP contribution < -0.4 is 9.64 Å². The molecule has 0 unspecified atom stereocenters. The third-order valence-corrected chi connectivity index (χ3v) is 6.90. The van der Waals surface area contributed by atoms with Crippen LogP contribution in [0.3, 0.4) is 0 Å². The van der Waals surface area contributed by atoms with Crippen LogP contribution in [0.1, 0.15) is 5.56 Å². The highest BCUT2D eigenvalue weighted by Crippen LogP contribution is 2.38. The van der Waals surface area contributed by atoms with Crippen molar-refractivity contribution in [2.75, 3.05) is 37.8 Å². The minimum atomic E-state index is -0.227. The summed E-state index contributed by atoms with van der Waals surface area (Å²) in [4.78, 5) is 28.8. The lowest BCUT2D eigenvalue weighted by atomic mass is 10.2. The van der Waals surface area contributed by atoms with Gasteiger partial charge in [0.05, 0.1) is 33.9 Å². The molecule has 2 saturated heterocycles. The topological polar surface area (TPSA) is 59.1 Å². The smallest absolute Gasteiger partial charge is 0.270 e. The Morgan fingerprint density at radius 1 is 1.12 bits per heavy atom. The predicted octanol–water partition coefficient (Wildman–Crippen LogP) is 4.64. The number of nitrogens with zero attached hydrogens (tertiary/aromatic N) is 2. The van der Waals surface area contributed by atoms with E-state index in [4.69, 9.17) is 44.9 Å². The number of thioether (sulfide) groups is 1. The molecule has 0 N–H and O–H groups in total. The zero-order valence-corrected chi connectivity index (χ0v) is 19.9. The second kappa shape index (κ2) is 10.2. The molecule has 32 heavy (non-hydrogen) atoms. The lowest BCUT2D eigenvalue weighted by Gasteiger charge is -2.26. The highest BCUT2D eigenvalue weighted by molar-refractivity contribution is 8.27. The Morgan fingerprint density at radius 2 is 1.84 bits per heavy atom. The van der Waals surface area contributed by atoms with Crippen LogP contribution in [0.2, 0.25) is 10.0 Å². The molecule has 166 valence electrons. The molecule has 2 aromatic carbocycles. The van der Waals surface area contributed by atoms with E-state index >= 15 is 0 Å². The van der Waals surface area contributed by atoms with E-state index in [1.165, 1.54) is 16.7 Å². The number of amides is 2. The van der Waals surface area contributed by atoms with Gasteiger partial charge in [-0.25, -0.2) is 0 Å². The zero-order valence-electron chi connectivity index (χ0n) is 16.8. The molecular weight excluding hydrogens is 491 g/mol. The van der Waals surface area contributed by atoms with Gasteiger partial charge in [0.25, 0.3) is 11.8 Å². The Morgan fingerprint density at radius 3 is 2.53 bits per heavy atom. The number of hydrogen-bond donors (Lipinski definition) is 0. The fraction of sp³-hybridized carbons (Fsp3) is 0.227. The van der Waals surface area contributed by atoms with Crippen molar-refractivity contribution in [1.29, 1.82) is 0 Å². The molecule has 0 saturated carbocycles. The highest BCUT2D eigenvalue weighted by atomic mass is 35.5. The summed E-state index contributed by atoms with van der Waals surface area (Å²) >= 11 is 18.7. The standard InChI is InChI=1S/C22H18Cl2N2O4S2/c23-17-6-3-15(12-18(17)24)26-21(28)19(32-22(26)31)11-14-1-4-16(5-2-14)30-13-20(27)25-7-9-29-10-8-25/h1-6,11-12H,7-10,13H2/b19-11-. The monoisotopic (exact) mass is 508 g/mol. The van der Waals surface area contributed by atoms with E-state index in [-0.39, 0.29) is 18.4 Å². The van der Waals surface area contributed by atoms with E-state index in [2.05, 4.69) is 0 Å². The summed E-state index contributed by atoms with van der Waals surface area (Å²) in [5, 5.41) is 0.759. The summed E-state index contributed by atoms with van der Waals surface area (Å²) in [5.41, 5.74) is 1.38. The first-order chi connectivity index (χ1) is 15.4. The Hall–Kier alpha value is -2.10. The van der Waals surface area contributed by atoms with Crippen LogP contribution in [0.25, 0.3) is 6.08 Å². The average Bonchev–Trinajstić information content (AvgIpc) is 3.08. The molecule has 2 amide bonds. The first-order valence-corrected chi connectivity index (χ1v) is 11.7.